The molecule has 1 aromatic rings. The van der Waals surface area contributed by atoms with Gasteiger partial charge in [-0.3, -0.25) is 9.37 Å². The molecular formula is C10H7F3NO2-. The summed E-state index contributed by atoms with van der Waals surface area (Å²) in [7, 11) is 0. The molecule has 1 heterocycles. The molecule has 1 saturated heterocycles. The fraction of sp³-hybridized carbons (Fsp3) is 0.200. The van der Waals surface area contributed by atoms with Crippen molar-refractivity contribution in [2.45, 2.75) is 12.3 Å². The maximum Gasteiger partial charge on any atom is 0.416 e. The molecular weight excluding hydrogens is 223 g/mol. The van der Waals surface area contributed by atoms with Gasteiger partial charge in [-0.1, -0.05) is 0 Å². The van der Waals surface area contributed by atoms with Crippen LogP contribution < -0.4 is 9.93 Å². The molecule has 1 atom stereocenters. The van der Waals surface area contributed by atoms with Crippen molar-refractivity contribution >= 4 is 5.91 Å². The molecule has 0 radical (unpaired) electrons. The van der Waals surface area contributed by atoms with Crippen molar-refractivity contribution in [3.05, 3.63) is 42.4 Å². The molecule has 2 rings (SSSR count). The number of ether oxygens (including phenoxy) is 1. The fourth-order valence-electron chi connectivity index (χ4n) is 1.35. The van der Waals surface area contributed by atoms with Crippen LogP contribution in [0.25, 0.3) is 0 Å². The molecule has 0 aliphatic carbocycles. The van der Waals surface area contributed by atoms with E-state index in [4.69, 9.17) is 0 Å². The highest BCUT2D eigenvalue weighted by molar-refractivity contribution is 5.85. The summed E-state index contributed by atoms with van der Waals surface area (Å²) in [6, 6.07) is 7.99. The predicted molar refractivity (Wildman–Crippen MR) is 47.5 cm³/mol. The normalized spacial score (nSPS) is 21.1. The van der Waals surface area contributed by atoms with Gasteiger partial charge in [-0.15, -0.1) is 0 Å². The quantitative estimate of drug-likeness (QED) is 0.487. The first-order valence-corrected chi connectivity index (χ1v) is 4.44. The van der Waals surface area contributed by atoms with Crippen molar-refractivity contribution in [2.24, 2.45) is 0 Å². The van der Waals surface area contributed by atoms with Gasteiger partial charge in [0.2, 0.25) is 6.10 Å². The van der Waals surface area contributed by atoms with Gasteiger partial charge in [0.1, 0.15) is 0 Å². The number of benzene rings is 1. The van der Waals surface area contributed by atoms with E-state index in [9.17, 15) is 18.0 Å². The third kappa shape index (κ3) is 1.83. The summed E-state index contributed by atoms with van der Waals surface area (Å²) in [4.78, 5) is 11.4. The van der Waals surface area contributed by atoms with Crippen molar-refractivity contribution in [3.8, 4) is 0 Å². The SMILES string of the molecule is O=C1C(C(F)(F)F)O[CH-][N+]1=c1cc[cH-]cc1. The van der Waals surface area contributed by atoms with Gasteiger partial charge in [-0.05, 0) is 0 Å². The molecule has 0 bridgehead atoms. The molecule has 0 N–H and O–H groups in total. The van der Waals surface area contributed by atoms with E-state index in [0.29, 0.717) is 5.36 Å². The Morgan fingerprint density at radius 3 is 2.44 bits per heavy atom. The summed E-state index contributed by atoms with van der Waals surface area (Å²) in [5.74, 6) is -1.13. The first-order chi connectivity index (χ1) is 7.50. The zero-order valence-corrected chi connectivity index (χ0v) is 7.94. The van der Waals surface area contributed by atoms with Crippen molar-refractivity contribution in [1.82, 2.24) is 4.58 Å². The molecule has 1 fully saturated rings. The van der Waals surface area contributed by atoms with Crippen LogP contribution in [0.4, 0.5) is 13.2 Å². The lowest BCUT2D eigenvalue weighted by atomic mass is 10.3. The molecule has 0 spiro atoms. The number of carbonyl (C=O) groups is 1. The number of rotatable bonds is 0. The standard InChI is InChI=1S/C10H7F3NO2/c11-10(12,13)8-9(15)14(6-16-8)7-4-2-1-3-5-7/h1-6,8H/q-1. The van der Waals surface area contributed by atoms with E-state index >= 15 is 0 Å². The molecule has 1 aliphatic heterocycles. The third-order valence-electron chi connectivity index (χ3n) is 2.10. The molecule has 0 aromatic heterocycles. The number of hydrogen-bond acceptors (Lipinski definition) is 2. The van der Waals surface area contributed by atoms with Gasteiger partial charge >= 0.3 is 12.1 Å². The molecule has 0 saturated carbocycles. The number of nitrogens with zero attached hydrogens (tertiary/aromatic N) is 1. The number of para-hydroxylation sites is 1. The lowest BCUT2D eigenvalue weighted by Crippen LogP contribution is -2.40. The van der Waals surface area contributed by atoms with Crippen molar-refractivity contribution < 1.29 is 22.7 Å². The average molecular weight is 230 g/mol. The number of alkyl halides is 3. The summed E-state index contributed by atoms with van der Waals surface area (Å²) in [5.41, 5.74) is 0. The second-order valence-electron chi connectivity index (χ2n) is 3.21. The lowest BCUT2D eigenvalue weighted by Gasteiger charge is -2.10. The second kappa shape index (κ2) is 3.71. The smallest absolute Gasteiger partial charge is 0.344 e. The topological polar surface area (TPSA) is 29.3 Å². The third-order valence-corrected chi connectivity index (χ3v) is 2.10. The Balaban J connectivity index is 2.41. The highest BCUT2D eigenvalue weighted by atomic mass is 19.4. The first kappa shape index (κ1) is 10.8. The van der Waals surface area contributed by atoms with E-state index in [1.54, 1.807) is 18.2 Å². The summed E-state index contributed by atoms with van der Waals surface area (Å²) in [6.45, 7) is 0.788. The Bertz CT molecular complexity index is 458. The summed E-state index contributed by atoms with van der Waals surface area (Å²) in [5, 5.41) is 0.347. The predicted octanol–water partition coefficient (Wildman–Crippen LogP) is 0.785. The van der Waals surface area contributed by atoms with Crippen LogP contribution in [0.3, 0.4) is 0 Å². The minimum atomic E-state index is -4.68. The van der Waals surface area contributed by atoms with E-state index in [-0.39, 0.29) is 0 Å². The molecule has 1 aliphatic rings. The molecule has 1 amide bonds. The largest absolute Gasteiger partial charge is 0.416 e. The van der Waals surface area contributed by atoms with Crippen LogP contribution in [0.2, 0.25) is 0 Å². The van der Waals surface area contributed by atoms with Gasteiger partial charge < -0.3 is 4.74 Å². The summed E-state index contributed by atoms with van der Waals surface area (Å²) in [6.07, 6.45) is -7.08. The summed E-state index contributed by atoms with van der Waals surface area (Å²) >= 11 is 0. The Hall–Kier alpha value is -1.69. The molecule has 3 nitrogen and oxygen atoms in total. The first-order valence-electron chi connectivity index (χ1n) is 4.44. The van der Waals surface area contributed by atoms with E-state index < -0.39 is 18.2 Å². The van der Waals surface area contributed by atoms with Gasteiger partial charge in [0.25, 0.3) is 0 Å². The van der Waals surface area contributed by atoms with Crippen LogP contribution in [0.15, 0.2) is 30.3 Å². The van der Waals surface area contributed by atoms with E-state index in [0.717, 1.165) is 11.3 Å². The molecule has 1 aromatic carbocycles. The Kier molecular flexibility index (Phi) is 2.51. The van der Waals surface area contributed by atoms with Gasteiger partial charge in [0.15, 0.2) is 6.73 Å². The number of carbonyl (C=O) groups excluding carboxylic acids is 1. The zero-order valence-electron chi connectivity index (χ0n) is 7.94. The minimum Gasteiger partial charge on any atom is -0.344 e. The zero-order chi connectivity index (χ0) is 11.8. The van der Waals surface area contributed by atoms with Gasteiger partial charge in [0.05, 0.1) is 0 Å². The molecule has 86 valence electrons. The number of halogens is 3. The van der Waals surface area contributed by atoms with Crippen LogP contribution in [-0.4, -0.2) is 18.2 Å². The number of amides is 1. The van der Waals surface area contributed by atoms with Crippen LogP contribution in [0.5, 0.6) is 0 Å². The maximum atomic E-state index is 12.3. The van der Waals surface area contributed by atoms with Crippen LogP contribution in [0.1, 0.15) is 0 Å². The van der Waals surface area contributed by atoms with Crippen LogP contribution in [-0.2, 0) is 9.53 Å². The van der Waals surface area contributed by atoms with Crippen LogP contribution in [0, 0.1) is 6.73 Å². The number of hydrogen-bond donors (Lipinski definition) is 0. The van der Waals surface area contributed by atoms with E-state index in [2.05, 4.69) is 4.74 Å². The Morgan fingerprint density at radius 1 is 1.31 bits per heavy atom. The molecule has 1 unspecified atom stereocenters. The van der Waals surface area contributed by atoms with Crippen molar-refractivity contribution in [3.63, 3.8) is 0 Å². The second-order valence-corrected chi connectivity index (χ2v) is 3.21. The van der Waals surface area contributed by atoms with Gasteiger partial charge in [-0.2, -0.15) is 43.5 Å². The Morgan fingerprint density at radius 2 is 1.94 bits per heavy atom. The Labute approximate surface area is 88.8 Å². The van der Waals surface area contributed by atoms with Crippen molar-refractivity contribution in [1.29, 1.82) is 0 Å². The van der Waals surface area contributed by atoms with E-state index in [1.165, 1.54) is 12.1 Å². The lowest BCUT2D eigenvalue weighted by molar-refractivity contribution is -0.200. The molecule has 6 heteroatoms. The van der Waals surface area contributed by atoms with E-state index in [1.807, 2.05) is 0 Å². The highest BCUT2D eigenvalue weighted by Gasteiger charge is 2.50. The monoisotopic (exact) mass is 230 g/mol. The highest BCUT2D eigenvalue weighted by Crippen LogP contribution is 2.27. The fourth-order valence-corrected chi connectivity index (χ4v) is 1.35. The molecule has 16 heavy (non-hydrogen) atoms. The van der Waals surface area contributed by atoms with Gasteiger partial charge in [-0.25, -0.2) is 0 Å². The van der Waals surface area contributed by atoms with Gasteiger partial charge in [0, 0.05) is 5.36 Å². The average Bonchev–Trinajstić information content (AvgIpc) is 2.61. The van der Waals surface area contributed by atoms with Crippen molar-refractivity contribution in [2.75, 3.05) is 0 Å². The minimum absolute atomic E-state index is 0.347. The summed E-state index contributed by atoms with van der Waals surface area (Å²) < 4.78 is 42.1. The van der Waals surface area contributed by atoms with Crippen LogP contribution >= 0.6 is 0 Å². The maximum absolute atomic E-state index is 12.3.